The summed E-state index contributed by atoms with van der Waals surface area (Å²) in [5.74, 6) is 2.45. The summed E-state index contributed by atoms with van der Waals surface area (Å²) in [6.07, 6.45) is 1.01. The number of quaternary nitrogens is 1. The van der Waals surface area contributed by atoms with Crippen LogP contribution in [0.2, 0.25) is 0 Å². The predicted octanol–water partition coefficient (Wildman–Crippen LogP) is 7.83. The van der Waals surface area contributed by atoms with E-state index in [0.717, 1.165) is 60.3 Å². The maximum Gasteiger partial charge on any atom is 0.153 e. The van der Waals surface area contributed by atoms with Gasteiger partial charge in [-0.25, -0.2) is 0 Å². The van der Waals surface area contributed by atoms with Gasteiger partial charge in [0.1, 0.15) is 30.5 Å². The molecule has 0 saturated heterocycles. The first kappa shape index (κ1) is 27.4. The second-order valence-electron chi connectivity index (χ2n) is 9.81. The van der Waals surface area contributed by atoms with Crippen molar-refractivity contribution in [2.75, 3.05) is 13.7 Å². The van der Waals surface area contributed by atoms with Crippen LogP contribution in [0.5, 0.6) is 17.2 Å². The third-order valence-electron chi connectivity index (χ3n) is 7.27. The second kappa shape index (κ2) is 12.0. The van der Waals surface area contributed by atoms with Crippen molar-refractivity contribution in [2.45, 2.75) is 25.7 Å². The van der Waals surface area contributed by atoms with Crippen LogP contribution in [0.15, 0.2) is 92.3 Å². The van der Waals surface area contributed by atoms with E-state index < -0.39 is 0 Å². The molecule has 5 nitrogen and oxygen atoms in total. The van der Waals surface area contributed by atoms with E-state index >= 15 is 0 Å². The van der Waals surface area contributed by atoms with Crippen molar-refractivity contribution in [3.05, 3.63) is 120 Å². The van der Waals surface area contributed by atoms with Gasteiger partial charge >= 0.3 is 0 Å². The van der Waals surface area contributed by atoms with Crippen molar-refractivity contribution < 1.29 is 19.5 Å². The van der Waals surface area contributed by atoms with Crippen LogP contribution in [-0.2, 0) is 19.6 Å². The van der Waals surface area contributed by atoms with E-state index in [9.17, 15) is 0 Å². The molecule has 2 heterocycles. The zero-order valence-electron chi connectivity index (χ0n) is 21.8. The van der Waals surface area contributed by atoms with Gasteiger partial charge in [0.05, 0.1) is 28.3 Å². The van der Waals surface area contributed by atoms with Crippen LogP contribution in [0.25, 0.3) is 10.9 Å². The number of rotatable bonds is 8. The Hall–Kier alpha value is -2.78. The van der Waals surface area contributed by atoms with Gasteiger partial charge in [-0.05, 0) is 91.5 Å². The molecule has 8 heteroatoms. The second-order valence-corrected chi connectivity index (χ2v) is 12.4. The molecular weight excluding hydrogens is 700 g/mol. The highest BCUT2D eigenvalue weighted by Crippen LogP contribution is 2.38. The number of ether oxygens (including phenoxy) is 3. The number of nitrogens with one attached hydrogen (secondary N) is 1. The number of benzene rings is 4. The lowest BCUT2D eigenvalue weighted by atomic mass is 9.93. The Morgan fingerprint density at radius 1 is 0.875 bits per heavy atom. The summed E-state index contributed by atoms with van der Waals surface area (Å²) in [7, 11) is 1.70. The molecule has 0 spiro atoms. The van der Waals surface area contributed by atoms with Gasteiger partial charge in [0.2, 0.25) is 0 Å². The number of halogens is 3. The Morgan fingerprint density at radius 2 is 1.68 bits per heavy atom. The molecule has 204 valence electrons. The number of fused-ring (bicyclic) bond motifs is 3. The molecule has 1 aliphatic rings. The van der Waals surface area contributed by atoms with Crippen LogP contribution in [0.4, 0.5) is 0 Å². The topological polar surface area (TPSA) is 60.1 Å². The summed E-state index contributed by atoms with van der Waals surface area (Å²) in [6, 6.07) is 27.1. The van der Waals surface area contributed by atoms with E-state index in [0.29, 0.717) is 13.2 Å². The van der Waals surface area contributed by atoms with Crippen molar-refractivity contribution in [3.63, 3.8) is 0 Å². The lowest BCUT2D eigenvalue weighted by Gasteiger charge is -2.23. The summed E-state index contributed by atoms with van der Waals surface area (Å²) >= 11 is 10.7. The van der Waals surface area contributed by atoms with Gasteiger partial charge in [0, 0.05) is 32.9 Å². The maximum absolute atomic E-state index is 6.25. The van der Waals surface area contributed by atoms with Crippen molar-refractivity contribution in [2.24, 2.45) is 0 Å². The van der Waals surface area contributed by atoms with E-state index in [1.165, 1.54) is 22.2 Å². The Bertz CT molecular complexity index is 1650. The summed E-state index contributed by atoms with van der Waals surface area (Å²) in [5, 5.41) is 3.64. The van der Waals surface area contributed by atoms with Crippen molar-refractivity contribution in [1.82, 2.24) is 4.98 Å². The summed E-state index contributed by atoms with van der Waals surface area (Å²) < 4.78 is 20.8. The molecule has 5 aromatic rings. The molecule has 1 atom stereocenters. The highest BCUT2D eigenvalue weighted by Gasteiger charge is 2.29. The summed E-state index contributed by atoms with van der Waals surface area (Å²) in [6.45, 7) is 1.94. The standard InChI is InChI=1S/C32H27Br3N2O3/c1-38-29-10-7-20(13-21(29)18-40-32-26(34)14-22(33)15-27(32)35)30-31-24(11-12-36-30)25-16-23(8-9-28(25)37-31)39-17-19-5-3-2-4-6-19/h2-10,13-16,30,36-37H,11-12,17-18H2,1H3/p+1. The normalized spacial score (nSPS) is 14.7. The molecule has 0 fully saturated rings. The molecule has 0 amide bonds. The van der Waals surface area contributed by atoms with Gasteiger partial charge in [-0.3, -0.25) is 0 Å². The number of methoxy groups -OCH3 is 1. The third kappa shape index (κ3) is 5.68. The molecule has 3 N–H and O–H groups in total. The van der Waals surface area contributed by atoms with E-state index in [4.69, 9.17) is 14.2 Å². The fourth-order valence-electron chi connectivity index (χ4n) is 5.35. The maximum atomic E-state index is 6.25. The van der Waals surface area contributed by atoms with Gasteiger partial charge in [0.25, 0.3) is 0 Å². The Labute approximate surface area is 258 Å². The van der Waals surface area contributed by atoms with Crippen molar-refractivity contribution in [3.8, 4) is 17.2 Å². The highest BCUT2D eigenvalue weighted by molar-refractivity contribution is 9.11. The molecule has 4 aromatic carbocycles. The highest BCUT2D eigenvalue weighted by atomic mass is 79.9. The first-order chi connectivity index (χ1) is 19.5. The molecule has 0 bridgehead atoms. The fourth-order valence-corrected chi connectivity index (χ4v) is 7.84. The molecule has 40 heavy (non-hydrogen) atoms. The van der Waals surface area contributed by atoms with Gasteiger partial charge in [0.15, 0.2) is 6.04 Å². The zero-order chi connectivity index (χ0) is 27.6. The van der Waals surface area contributed by atoms with Gasteiger partial charge < -0.3 is 24.5 Å². The van der Waals surface area contributed by atoms with Crippen LogP contribution < -0.4 is 19.5 Å². The van der Waals surface area contributed by atoms with Crippen molar-refractivity contribution >= 4 is 58.7 Å². The molecule has 0 radical (unpaired) electrons. The SMILES string of the molecule is COc1ccc(C2[NH2+]CCc3c2[nH]c2ccc(OCc4ccccc4)cc32)cc1COc1c(Br)cc(Br)cc1Br. The number of aromatic nitrogens is 1. The average Bonchev–Trinajstić information content (AvgIpc) is 3.34. The van der Waals surface area contributed by atoms with E-state index in [1.807, 2.05) is 42.5 Å². The Balaban J connectivity index is 1.27. The lowest BCUT2D eigenvalue weighted by Crippen LogP contribution is -2.87. The molecule has 0 saturated carbocycles. The minimum absolute atomic E-state index is 0.153. The fraction of sp³-hybridized carbons (Fsp3) is 0.188. The number of aromatic amines is 1. The molecule has 1 unspecified atom stereocenters. The largest absolute Gasteiger partial charge is 0.496 e. The zero-order valence-corrected chi connectivity index (χ0v) is 26.6. The smallest absolute Gasteiger partial charge is 0.153 e. The molecule has 1 aliphatic heterocycles. The number of H-pyrrole nitrogens is 1. The van der Waals surface area contributed by atoms with E-state index in [-0.39, 0.29) is 6.04 Å². The van der Waals surface area contributed by atoms with Crippen LogP contribution in [0.3, 0.4) is 0 Å². The molecule has 0 aliphatic carbocycles. The molecular formula is C32H28Br3N2O3+. The Morgan fingerprint density at radius 3 is 2.45 bits per heavy atom. The van der Waals surface area contributed by atoms with Gasteiger partial charge in [-0.15, -0.1) is 0 Å². The summed E-state index contributed by atoms with van der Waals surface area (Å²) in [5.41, 5.74) is 7.11. The van der Waals surface area contributed by atoms with Crippen LogP contribution in [0.1, 0.15) is 34.0 Å². The third-order valence-corrected chi connectivity index (χ3v) is 8.90. The quantitative estimate of drug-likeness (QED) is 0.171. The number of hydrogen-bond donors (Lipinski definition) is 2. The molecule has 1 aromatic heterocycles. The summed E-state index contributed by atoms with van der Waals surface area (Å²) in [4.78, 5) is 3.73. The minimum Gasteiger partial charge on any atom is -0.496 e. The first-order valence-corrected chi connectivity index (χ1v) is 15.5. The average molecular weight is 728 g/mol. The molecule has 6 rings (SSSR count). The Kier molecular flexibility index (Phi) is 8.21. The van der Waals surface area contributed by atoms with Gasteiger partial charge in [-0.2, -0.15) is 0 Å². The minimum atomic E-state index is 0.153. The lowest BCUT2D eigenvalue weighted by molar-refractivity contribution is -0.690. The first-order valence-electron chi connectivity index (χ1n) is 13.1. The van der Waals surface area contributed by atoms with Crippen molar-refractivity contribution in [1.29, 1.82) is 0 Å². The van der Waals surface area contributed by atoms with E-state index in [1.54, 1.807) is 7.11 Å². The van der Waals surface area contributed by atoms with Crippen LogP contribution >= 0.6 is 47.8 Å². The van der Waals surface area contributed by atoms with Crippen LogP contribution in [0, 0.1) is 0 Å². The van der Waals surface area contributed by atoms with Gasteiger partial charge in [-0.1, -0.05) is 46.3 Å². The number of nitrogens with two attached hydrogens (primary N) is 1. The predicted molar refractivity (Wildman–Crippen MR) is 168 cm³/mol. The van der Waals surface area contributed by atoms with Crippen LogP contribution in [-0.4, -0.2) is 18.6 Å². The number of hydrogen-bond acceptors (Lipinski definition) is 3. The van der Waals surface area contributed by atoms with E-state index in [2.05, 4.69) is 94.5 Å². The monoisotopic (exact) mass is 725 g/mol.